The van der Waals surface area contributed by atoms with E-state index in [0.717, 1.165) is 32.4 Å². The number of sulfone groups is 1. The molecule has 1 aliphatic heterocycles. The molecule has 0 radical (unpaired) electrons. The van der Waals surface area contributed by atoms with E-state index in [9.17, 15) is 8.42 Å². The predicted octanol–water partition coefficient (Wildman–Crippen LogP) is -0.853. The number of nitrogens with zero attached hydrogens (tertiary/aromatic N) is 3. The van der Waals surface area contributed by atoms with Crippen molar-refractivity contribution in [2.24, 2.45) is 0 Å². The van der Waals surface area contributed by atoms with E-state index in [-0.39, 0.29) is 10.7 Å². The first-order valence-electron chi connectivity index (χ1n) is 5.37. The van der Waals surface area contributed by atoms with Crippen molar-refractivity contribution in [1.82, 2.24) is 15.1 Å². The fraction of sp³-hybridized carbons (Fsp3) is 0.667. The fourth-order valence-corrected chi connectivity index (χ4v) is 2.88. The van der Waals surface area contributed by atoms with Crippen molar-refractivity contribution in [2.75, 3.05) is 50.1 Å². The van der Waals surface area contributed by atoms with Gasteiger partial charge in [0.1, 0.15) is 5.82 Å². The number of hydrogen-bond donors (Lipinski definition) is 2. The van der Waals surface area contributed by atoms with Gasteiger partial charge in [0, 0.05) is 32.4 Å². The van der Waals surface area contributed by atoms with Gasteiger partial charge in [0.15, 0.2) is 20.6 Å². The van der Waals surface area contributed by atoms with Gasteiger partial charge in [0.05, 0.1) is 0 Å². The van der Waals surface area contributed by atoms with Crippen molar-refractivity contribution in [3.8, 4) is 0 Å². The van der Waals surface area contributed by atoms with Gasteiger partial charge in [-0.1, -0.05) is 0 Å². The van der Waals surface area contributed by atoms with Crippen molar-refractivity contribution in [2.45, 2.75) is 4.90 Å². The zero-order chi connectivity index (χ0) is 12.6. The number of nitrogens with two attached hydrogens (primary N) is 1. The second-order valence-corrected chi connectivity index (χ2v) is 6.31. The summed E-state index contributed by atoms with van der Waals surface area (Å²) in [4.78, 5) is 4.25. The molecule has 3 N–H and O–H groups in total. The number of aromatic nitrogens is 2. The summed E-state index contributed by atoms with van der Waals surface area (Å²) in [5.41, 5.74) is 5.63. The van der Waals surface area contributed by atoms with Crippen LogP contribution in [0.3, 0.4) is 0 Å². The summed E-state index contributed by atoms with van der Waals surface area (Å²) in [5.74, 6) is 0.555. The highest BCUT2D eigenvalue weighted by molar-refractivity contribution is 7.91. The van der Waals surface area contributed by atoms with Crippen LogP contribution >= 0.6 is 0 Å². The molecule has 0 saturated carbocycles. The molecule has 7 nitrogen and oxygen atoms in total. The molecular formula is C9H17N5O2S. The van der Waals surface area contributed by atoms with Crippen LogP contribution in [0.5, 0.6) is 0 Å². The maximum Gasteiger partial charge on any atom is 0.182 e. The number of piperazine rings is 1. The van der Waals surface area contributed by atoms with Crippen LogP contribution in [0.2, 0.25) is 0 Å². The molecule has 1 fully saturated rings. The normalized spacial score (nSPS) is 18.6. The number of rotatable bonds is 2. The zero-order valence-electron chi connectivity index (χ0n) is 9.97. The lowest BCUT2D eigenvalue weighted by atomic mass is 10.3. The summed E-state index contributed by atoms with van der Waals surface area (Å²) >= 11 is 0. The highest BCUT2D eigenvalue weighted by Crippen LogP contribution is 2.28. The van der Waals surface area contributed by atoms with Gasteiger partial charge in [0.2, 0.25) is 0 Å². The Kier molecular flexibility index (Phi) is 3.00. The molecule has 2 heterocycles. The van der Waals surface area contributed by atoms with Crippen LogP contribution in [-0.4, -0.2) is 63.0 Å². The third-order valence-electron chi connectivity index (χ3n) is 2.90. The van der Waals surface area contributed by atoms with E-state index in [2.05, 4.69) is 15.1 Å². The fourth-order valence-electron chi connectivity index (χ4n) is 1.93. The van der Waals surface area contributed by atoms with Gasteiger partial charge >= 0.3 is 0 Å². The lowest BCUT2D eigenvalue weighted by Crippen LogP contribution is -2.45. The SMILES string of the molecule is CN1CCN(c2n[nH]c(N)c2S(C)(=O)=O)CC1. The number of nitrogens with one attached hydrogen (secondary N) is 1. The second-order valence-electron chi connectivity index (χ2n) is 4.35. The Morgan fingerprint density at radius 2 is 1.88 bits per heavy atom. The van der Waals surface area contributed by atoms with Crippen LogP contribution in [0.25, 0.3) is 0 Å². The molecule has 96 valence electrons. The number of H-pyrrole nitrogens is 1. The summed E-state index contributed by atoms with van der Waals surface area (Å²) in [7, 11) is -1.32. The molecule has 0 bridgehead atoms. The van der Waals surface area contributed by atoms with Gasteiger partial charge in [-0.2, -0.15) is 5.10 Å². The van der Waals surface area contributed by atoms with E-state index in [0.29, 0.717) is 5.82 Å². The first-order chi connectivity index (χ1) is 7.89. The quantitative estimate of drug-likeness (QED) is 0.718. The summed E-state index contributed by atoms with van der Waals surface area (Å²) in [5, 5.41) is 6.55. The smallest absolute Gasteiger partial charge is 0.182 e. The summed E-state index contributed by atoms with van der Waals surface area (Å²) in [6, 6.07) is 0. The highest BCUT2D eigenvalue weighted by Gasteiger charge is 2.26. The van der Waals surface area contributed by atoms with Crippen molar-refractivity contribution in [3.05, 3.63) is 0 Å². The zero-order valence-corrected chi connectivity index (χ0v) is 10.8. The Morgan fingerprint density at radius 3 is 2.41 bits per heavy atom. The largest absolute Gasteiger partial charge is 0.383 e. The maximum atomic E-state index is 11.7. The number of hydrogen-bond acceptors (Lipinski definition) is 6. The second kappa shape index (κ2) is 4.19. The van der Waals surface area contributed by atoms with Gasteiger partial charge in [-0.3, -0.25) is 5.10 Å². The predicted molar refractivity (Wildman–Crippen MR) is 65.8 cm³/mol. The van der Waals surface area contributed by atoms with E-state index in [1.807, 2.05) is 11.9 Å². The lowest BCUT2D eigenvalue weighted by Gasteiger charge is -2.32. The first kappa shape index (κ1) is 12.2. The molecule has 1 aromatic rings. The van der Waals surface area contributed by atoms with Crippen molar-refractivity contribution < 1.29 is 8.42 Å². The van der Waals surface area contributed by atoms with Crippen molar-refractivity contribution in [1.29, 1.82) is 0 Å². The average molecular weight is 259 g/mol. The number of likely N-dealkylation sites (N-methyl/N-ethyl adjacent to an activating group) is 1. The monoisotopic (exact) mass is 259 g/mol. The molecule has 0 atom stereocenters. The van der Waals surface area contributed by atoms with E-state index in [1.165, 1.54) is 0 Å². The maximum absolute atomic E-state index is 11.7. The van der Waals surface area contributed by atoms with Crippen LogP contribution in [0, 0.1) is 0 Å². The molecular weight excluding hydrogens is 242 g/mol. The minimum atomic E-state index is -3.36. The molecule has 1 saturated heterocycles. The minimum Gasteiger partial charge on any atom is -0.383 e. The summed E-state index contributed by atoms with van der Waals surface area (Å²) in [6.07, 6.45) is 1.15. The molecule has 0 aliphatic carbocycles. The topological polar surface area (TPSA) is 95.3 Å². The molecule has 0 amide bonds. The van der Waals surface area contributed by atoms with Crippen LogP contribution in [-0.2, 0) is 9.84 Å². The standard InChI is InChI=1S/C9H17N5O2S/c1-13-3-5-14(6-4-13)9-7(17(2,15)16)8(10)11-12-9/h3-6H2,1-2H3,(H3,10,11,12). The number of anilines is 2. The molecule has 8 heteroatoms. The van der Waals surface area contributed by atoms with Gasteiger partial charge in [-0.15, -0.1) is 0 Å². The number of nitrogen functional groups attached to an aromatic ring is 1. The average Bonchev–Trinajstić information content (AvgIpc) is 2.61. The Morgan fingerprint density at radius 1 is 1.29 bits per heavy atom. The Hall–Kier alpha value is -1.28. The Labute approximate surface area is 100 Å². The number of aromatic amines is 1. The van der Waals surface area contributed by atoms with Crippen LogP contribution in [0.1, 0.15) is 0 Å². The Balaban J connectivity index is 2.34. The Bertz CT molecular complexity index is 501. The van der Waals surface area contributed by atoms with Crippen LogP contribution in [0.4, 0.5) is 11.6 Å². The van der Waals surface area contributed by atoms with E-state index in [4.69, 9.17) is 5.73 Å². The summed E-state index contributed by atoms with van der Waals surface area (Å²) in [6.45, 7) is 3.28. The van der Waals surface area contributed by atoms with Crippen LogP contribution < -0.4 is 10.6 Å². The van der Waals surface area contributed by atoms with Gasteiger partial charge < -0.3 is 15.5 Å². The molecule has 2 rings (SSSR count). The highest BCUT2D eigenvalue weighted by atomic mass is 32.2. The van der Waals surface area contributed by atoms with Crippen molar-refractivity contribution >= 4 is 21.5 Å². The molecule has 0 aromatic carbocycles. The minimum absolute atomic E-state index is 0.112. The third kappa shape index (κ3) is 2.37. The molecule has 0 spiro atoms. The van der Waals surface area contributed by atoms with Gasteiger partial charge in [-0.05, 0) is 7.05 Å². The van der Waals surface area contributed by atoms with E-state index < -0.39 is 9.84 Å². The lowest BCUT2D eigenvalue weighted by molar-refractivity contribution is 0.311. The molecule has 1 aromatic heterocycles. The van der Waals surface area contributed by atoms with E-state index in [1.54, 1.807) is 0 Å². The summed E-state index contributed by atoms with van der Waals surface area (Å²) < 4.78 is 23.3. The van der Waals surface area contributed by atoms with Crippen LogP contribution in [0.15, 0.2) is 4.90 Å². The third-order valence-corrected chi connectivity index (χ3v) is 4.05. The van der Waals surface area contributed by atoms with Gasteiger partial charge in [0.25, 0.3) is 0 Å². The molecule has 1 aliphatic rings. The van der Waals surface area contributed by atoms with Crippen molar-refractivity contribution in [3.63, 3.8) is 0 Å². The first-order valence-corrected chi connectivity index (χ1v) is 7.26. The van der Waals surface area contributed by atoms with E-state index >= 15 is 0 Å². The van der Waals surface area contributed by atoms with Gasteiger partial charge in [-0.25, -0.2) is 8.42 Å². The molecule has 17 heavy (non-hydrogen) atoms. The molecule has 0 unspecified atom stereocenters.